The zero-order valence-electron chi connectivity index (χ0n) is 23.3. The van der Waals surface area contributed by atoms with Crippen LogP contribution in [-0.4, -0.2) is 64.0 Å². The highest BCUT2D eigenvalue weighted by Gasteiger charge is 2.39. The molecule has 2 atom stereocenters. The van der Waals surface area contributed by atoms with Crippen LogP contribution in [0.3, 0.4) is 0 Å². The average Bonchev–Trinajstić information content (AvgIpc) is 2.89. The van der Waals surface area contributed by atoms with Gasteiger partial charge in [0.25, 0.3) is 11.5 Å². The van der Waals surface area contributed by atoms with Gasteiger partial charge in [0, 0.05) is 31.5 Å². The number of rotatable bonds is 11. The van der Waals surface area contributed by atoms with Crippen molar-refractivity contribution in [3.63, 3.8) is 0 Å². The molecule has 0 saturated heterocycles. The molecule has 0 spiro atoms. The van der Waals surface area contributed by atoms with Crippen molar-refractivity contribution in [3.8, 4) is 22.6 Å². The van der Waals surface area contributed by atoms with Gasteiger partial charge in [-0.15, -0.1) is 0 Å². The number of aromatic nitrogens is 1. The number of phenolic OH excluding ortho intramolecular Hbond substituents is 1. The largest absolute Gasteiger partial charge is 0.507 e. The van der Waals surface area contributed by atoms with Crippen LogP contribution < -0.4 is 15.6 Å². The Morgan fingerprint density at radius 1 is 1.15 bits per heavy atom. The molecule has 1 aliphatic carbocycles. The summed E-state index contributed by atoms with van der Waals surface area (Å²) in [5, 5.41) is 33.2. The summed E-state index contributed by atoms with van der Waals surface area (Å²) < 4.78 is 30.6. The number of ether oxygens (including phenoxy) is 1. The molecule has 1 saturated carbocycles. The van der Waals surface area contributed by atoms with E-state index in [4.69, 9.17) is 4.74 Å². The number of hydrogen-bond donors (Lipinski definition) is 4. The highest BCUT2D eigenvalue weighted by atomic mass is 32.2. The fourth-order valence-corrected chi connectivity index (χ4v) is 5.83. The van der Waals surface area contributed by atoms with Gasteiger partial charge in [0.05, 0.1) is 22.5 Å². The zero-order valence-corrected chi connectivity index (χ0v) is 24.1. The topological polar surface area (TPSA) is 155 Å². The van der Waals surface area contributed by atoms with Crippen LogP contribution in [0.1, 0.15) is 49.7 Å². The molecule has 1 aliphatic rings. The summed E-state index contributed by atoms with van der Waals surface area (Å²) in [6, 6.07) is 16.1. The number of sulfone groups is 1. The van der Waals surface area contributed by atoms with Gasteiger partial charge in [-0.05, 0) is 74.1 Å². The lowest BCUT2D eigenvalue weighted by Crippen LogP contribution is -2.48. The van der Waals surface area contributed by atoms with E-state index >= 15 is 0 Å². The number of aromatic hydroxyl groups is 1. The van der Waals surface area contributed by atoms with Gasteiger partial charge in [0.2, 0.25) is 0 Å². The van der Waals surface area contributed by atoms with Crippen molar-refractivity contribution >= 4 is 15.7 Å². The molecule has 2 unspecified atom stereocenters. The van der Waals surface area contributed by atoms with Crippen molar-refractivity contribution in [2.24, 2.45) is 5.92 Å². The van der Waals surface area contributed by atoms with Crippen molar-refractivity contribution < 1.29 is 33.3 Å². The molecule has 1 aromatic heterocycles. The van der Waals surface area contributed by atoms with Gasteiger partial charge < -0.3 is 25.4 Å². The lowest BCUT2D eigenvalue weighted by Gasteiger charge is -2.40. The molecule has 10 nitrogen and oxygen atoms in total. The number of aliphatic hydroxyl groups excluding tert-OH is 1. The van der Waals surface area contributed by atoms with Crippen LogP contribution in [-0.2, 0) is 9.84 Å². The number of carbonyl (C=O) groups is 1. The van der Waals surface area contributed by atoms with Gasteiger partial charge >= 0.3 is 0 Å². The van der Waals surface area contributed by atoms with Crippen molar-refractivity contribution in [1.82, 2.24) is 9.88 Å². The number of hydrogen-bond acceptors (Lipinski definition) is 8. The number of nitrogens with one attached hydrogen (secondary N) is 1. The SMILES string of the molecule is CC1(O)CC(COc2ccc(-c3ccn(C(O)CC(C)(CNC(=O)c4ccccc4O)S(C)(=O)=O)c(=O)c3)cc2)C1. The highest BCUT2D eigenvalue weighted by molar-refractivity contribution is 7.92. The first-order valence-corrected chi connectivity index (χ1v) is 15.2. The average molecular weight is 585 g/mol. The molecule has 0 radical (unpaired) electrons. The predicted octanol–water partition coefficient (Wildman–Crippen LogP) is 2.88. The van der Waals surface area contributed by atoms with Gasteiger partial charge in [-0.1, -0.05) is 24.3 Å². The Kier molecular flexibility index (Phi) is 8.62. The van der Waals surface area contributed by atoms with E-state index in [2.05, 4.69) is 5.32 Å². The summed E-state index contributed by atoms with van der Waals surface area (Å²) >= 11 is 0. The lowest BCUT2D eigenvalue weighted by atomic mass is 9.73. The van der Waals surface area contributed by atoms with Crippen LogP contribution in [0, 0.1) is 5.92 Å². The number of carbonyl (C=O) groups excluding carboxylic acids is 1. The van der Waals surface area contributed by atoms with Gasteiger partial charge in [-0.25, -0.2) is 8.42 Å². The van der Waals surface area contributed by atoms with E-state index in [1.54, 1.807) is 30.3 Å². The Morgan fingerprint density at radius 2 is 1.80 bits per heavy atom. The van der Waals surface area contributed by atoms with Gasteiger partial charge in [0.15, 0.2) is 9.84 Å². The quantitative estimate of drug-likeness (QED) is 0.268. The maximum Gasteiger partial charge on any atom is 0.255 e. The molecule has 1 heterocycles. The number of amides is 1. The minimum atomic E-state index is -3.81. The van der Waals surface area contributed by atoms with E-state index in [9.17, 15) is 33.3 Å². The number of aliphatic hydroxyl groups is 2. The fourth-order valence-electron chi connectivity index (χ4n) is 5.04. The summed E-state index contributed by atoms with van der Waals surface area (Å²) in [4.78, 5) is 25.5. The second-order valence-corrected chi connectivity index (χ2v) is 13.9. The second kappa shape index (κ2) is 11.7. The summed E-state index contributed by atoms with van der Waals surface area (Å²) in [6.07, 6.45) is 1.97. The Bertz CT molecular complexity index is 1560. The van der Waals surface area contributed by atoms with E-state index < -0.39 is 37.9 Å². The number of pyridine rings is 1. The molecule has 4 rings (SSSR count). The predicted molar refractivity (Wildman–Crippen MR) is 155 cm³/mol. The fraction of sp³-hybridized carbons (Fsp3) is 0.400. The maximum absolute atomic E-state index is 12.9. The van der Waals surface area contributed by atoms with E-state index in [0.29, 0.717) is 36.7 Å². The molecule has 4 N–H and O–H groups in total. The first-order chi connectivity index (χ1) is 19.2. The molecule has 2 aromatic carbocycles. The third-order valence-corrected chi connectivity index (χ3v) is 9.78. The summed E-state index contributed by atoms with van der Waals surface area (Å²) in [6.45, 7) is 3.37. The van der Waals surface area contributed by atoms with Crippen LogP contribution in [0.4, 0.5) is 0 Å². The van der Waals surface area contributed by atoms with Crippen LogP contribution in [0.5, 0.6) is 11.5 Å². The van der Waals surface area contributed by atoms with Crippen LogP contribution >= 0.6 is 0 Å². The first kappa shape index (κ1) is 30.3. The Labute approximate surface area is 239 Å². The molecule has 1 amide bonds. The third kappa shape index (κ3) is 7.16. The van der Waals surface area contributed by atoms with Crippen molar-refractivity contribution in [2.45, 2.75) is 49.7 Å². The van der Waals surface area contributed by atoms with Gasteiger partial charge in [0.1, 0.15) is 17.7 Å². The number of benzene rings is 2. The van der Waals surface area contributed by atoms with E-state index in [0.717, 1.165) is 16.4 Å². The zero-order chi connectivity index (χ0) is 30.0. The Balaban J connectivity index is 1.42. The minimum Gasteiger partial charge on any atom is -0.507 e. The van der Waals surface area contributed by atoms with Crippen LogP contribution in [0.15, 0.2) is 71.7 Å². The molecule has 3 aromatic rings. The third-order valence-electron chi connectivity index (χ3n) is 7.68. The molecule has 11 heteroatoms. The Hall–Kier alpha value is -3.67. The monoisotopic (exact) mass is 584 g/mol. The van der Waals surface area contributed by atoms with Crippen LogP contribution in [0.25, 0.3) is 11.1 Å². The maximum atomic E-state index is 12.9. The molecule has 0 aliphatic heterocycles. The standard InChI is InChI=1S/C30H36N2O8S/c1-29(37)15-20(16-29)18-40-23-10-8-21(9-11-23)22-12-13-32(26(34)14-22)27(35)17-30(2,41(3,38)39)19-31-28(36)24-6-4-5-7-25(24)33/h4-14,20,27,33,35,37H,15-19H2,1-3H3,(H,31,36). The Morgan fingerprint density at radius 3 is 2.39 bits per heavy atom. The highest BCUT2D eigenvalue weighted by Crippen LogP contribution is 2.37. The molecule has 1 fully saturated rings. The van der Waals surface area contributed by atoms with E-state index in [-0.39, 0.29) is 24.3 Å². The summed E-state index contributed by atoms with van der Waals surface area (Å²) in [7, 11) is -3.81. The summed E-state index contributed by atoms with van der Waals surface area (Å²) in [5.41, 5.74) is 0.235. The smallest absolute Gasteiger partial charge is 0.255 e. The van der Waals surface area contributed by atoms with Crippen molar-refractivity contribution in [1.29, 1.82) is 0 Å². The van der Waals surface area contributed by atoms with Crippen LogP contribution in [0.2, 0.25) is 0 Å². The molecule has 0 bridgehead atoms. The normalized spacial score (nSPS) is 20.9. The molecular weight excluding hydrogens is 548 g/mol. The summed E-state index contributed by atoms with van der Waals surface area (Å²) in [5.74, 6) is 0.0887. The first-order valence-electron chi connectivity index (χ1n) is 13.3. The molecule has 41 heavy (non-hydrogen) atoms. The van der Waals surface area contributed by atoms with E-state index in [1.165, 1.54) is 31.3 Å². The second-order valence-electron chi connectivity index (χ2n) is 11.4. The van der Waals surface area contributed by atoms with Crippen molar-refractivity contribution in [2.75, 3.05) is 19.4 Å². The number of nitrogens with zero attached hydrogens (tertiary/aromatic N) is 1. The molecule has 220 valence electrons. The van der Waals surface area contributed by atoms with Gasteiger partial charge in [-0.2, -0.15) is 0 Å². The molecular formula is C30H36N2O8S. The minimum absolute atomic E-state index is 0.0112. The number of para-hydroxylation sites is 1. The van der Waals surface area contributed by atoms with Crippen molar-refractivity contribution in [3.05, 3.63) is 82.8 Å². The number of phenols is 1. The lowest BCUT2D eigenvalue weighted by molar-refractivity contribution is -0.0690. The van der Waals surface area contributed by atoms with E-state index in [1.807, 2.05) is 19.1 Å². The van der Waals surface area contributed by atoms with Gasteiger partial charge in [-0.3, -0.25) is 14.2 Å².